The van der Waals surface area contributed by atoms with Crippen molar-refractivity contribution in [2.45, 2.75) is 51.7 Å². The lowest BCUT2D eigenvalue weighted by atomic mass is 9.97. The van der Waals surface area contributed by atoms with E-state index in [9.17, 15) is 14.4 Å². The third-order valence-corrected chi connectivity index (χ3v) is 2.42. The summed E-state index contributed by atoms with van der Waals surface area (Å²) in [5.41, 5.74) is -2.79. The number of hydrogen-bond donors (Lipinski definition) is 1. The molecule has 1 rings (SSSR count). The maximum Gasteiger partial charge on any atom is 0.344 e. The fourth-order valence-corrected chi connectivity index (χ4v) is 1.65. The lowest BCUT2D eigenvalue weighted by Gasteiger charge is -2.29. The van der Waals surface area contributed by atoms with Gasteiger partial charge >= 0.3 is 11.9 Å². The van der Waals surface area contributed by atoms with Crippen LogP contribution < -0.4 is 5.32 Å². The van der Waals surface area contributed by atoms with Crippen LogP contribution in [-0.2, 0) is 23.9 Å². The van der Waals surface area contributed by atoms with Gasteiger partial charge in [-0.1, -0.05) is 0 Å². The van der Waals surface area contributed by atoms with Gasteiger partial charge in [-0.3, -0.25) is 4.79 Å². The molecular formula is C12H19NO5. The van der Waals surface area contributed by atoms with E-state index in [1.165, 1.54) is 0 Å². The number of carbonyl (C=O) groups is 3. The van der Waals surface area contributed by atoms with Crippen molar-refractivity contribution < 1.29 is 25.2 Å². The molecule has 1 heterocycles. The monoisotopic (exact) mass is 258 g/mol. The van der Waals surface area contributed by atoms with Crippen LogP contribution >= 0.6 is 0 Å². The Hall–Kier alpha value is -1.59. The van der Waals surface area contributed by atoms with E-state index in [2.05, 4.69) is 5.32 Å². The second kappa shape index (κ2) is 4.96. The van der Waals surface area contributed by atoms with Crippen LogP contribution in [0.4, 0.5) is 0 Å². The third kappa shape index (κ3) is 3.00. The van der Waals surface area contributed by atoms with E-state index in [1.807, 2.05) is 0 Å². The smallest absolute Gasteiger partial charge is 0.344 e. The Bertz CT molecular complexity index is 396. The Kier molecular flexibility index (Phi) is 3.54. The average molecular weight is 258 g/mol. The Balaban J connectivity index is 2.95. The van der Waals surface area contributed by atoms with E-state index in [-0.39, 0.29) is 26.3 Å². The Labute approximate surface area is 107 Å². The summed E-state index contributed by atoms with van der Waals surface area (Å²) in [6, 6.07) is 0. The van der Waals surface area contributed by atoms with E-state index >= 15 is 0 Å². The Morgan fingerprint density at radius 1 is 1.50 bits per heavy atom. The molecule has 6 nitrogen and oxygen atoms in total. The van der Waals surface area contributed by atoms with Crippen LogP contribution in [0.5, 0.6) is 0 Å². The highest BCUT2D eigenvalue weighted by atomic mass is 16.6. The van der Waals surface area contributed by atoms with Gasteiger partial charge in [0.1, 0.15) is 5.60 Å². The fourth-order valence-electron chi connectivity index (χ4n) is 1.65. The summed E-state index contributed by atoms with van der Waals surface area (Å²) in [5, 5.41) is 2.35. The minimum Gasteiger partial charge on any atom is -0.464 e. The molecule has 1 N–H and O–H groups in total. The number of carbonyl (C=O) groups excluding carboxylic acids is 3. The number of ether oxygens (including phenoxy) is 2. The van der Waals surface area contributed by atoms with Gasteiger partial charge in [0.15, 0.2) is 0 Å². The molecule has 0 spiro atoms. The van der Waals surface area contributed by atoms with Crippen LogP contribution in [-0.4, -0.2) is 35.6 Å². The average Bonchev–Trinajstić information content (AvgIpc) is 2.73. The maximum atomic E-state index is 12.2. The first kappa shape index (κ1) is 12.9. The largest absolute Gasteiger partial charge is 0.464 e. The molecule has 1 atom stereocenters. The fraction of sp³-hybridized carbons (Fsp3) is 0.750. The quantitative estimate of drug-likeness (QED) is 0.590. The minimum absolute atomic E-state index is 0.0115. The van der Waals surface area contributed by atoms with Gasteiger partial charge in [-0.2, -0.15) is 0 Å². The van der Waals surface area contributed by atoms with Crippen molar-refractivity contribution in [3.05, 3.63) is 0 Å². The molecule has 0 bridgehead atoms. The predicted octanol–water partition coefficient (Wildman–Crippen LogP) is 0.540. The van der Waals surface area contributed by atoms with Gasteiger partial charge in [0, 0.05) is 14.2 Å². The van der Waals surface area contributed by atoms with Crippen LogP contribution in [0.3, 0.4) is 0 Å². The highest BCUT2D eigenvalue weighted by molar-refractivity contribution is 6.10. The Morgan fingerprint density at radius 2 is 2.17 bits per heavy atom. The number of amides is 1. The summed E-state index contributed by atoms with van der Waals surface area (Å²) in [7, 11) is 0. The summed E-state index contributed by atoms with van der Waals surface area (Å²) in [4.78, 5) is 35.5. The lowest BCUT2D eigenvalue weighted by molar-refractivity contribution is -0.173. The van der Waals surface area contributed by atoms with Crippen LogP contribution in [0.25, 0.3) is 0 Å². The molecule has 1 aliphatic heterocycles. The van der Waals surface area contributed by atoms with Gasteiger partial charge in [-0.15, -0.1) is 0 Å². The molecule has 0 aliphatic carbocycles. The molecular weight excluding hydrogens is 238 g/mol. The second-order valence-electron chi connectivity index (χ2n) is 4.82. The SMILES string of the molecule is [2H]CC(C)(C)OC(=O)[C@@]1(C(=O)OCC)CCC(=O)N1. The molecule has 0 radical (unpaired) electrons. The molecule has 1 saturated heterocycles. The van der Waals surface area contributed by atoms with Gasteiger partial charge in [-0.25, -0.2) is 9.59 Å². The van der Waals surface area contributed by atoms with Crippen LogP contribution in [0.15, 0.2) is 0 Å². The zero-order valence-electron chi connectivity index (χ0n) is 11.9. The number of hydrogen-bond acceptors (Lipinski definition) is 5. The highest BCUT2D eigenvalue weighted by Crippen LogP contribution is 2.26. The summed E-state index contributed by atoms with van der Waals surface area (Å²) < 4.78 is 17.3. The molecule has 1 amide bonds. The topological polar surface area (TPSA) is 81.7 Å². The van der Waals surface area contributed by atoms with E-state index in [0.717, 1.165) is 0 Å². The van der Waals surface area contributed by atoms with E-state index in [0.29, 0.717) is 0 Å². The predicted molar refractivity (Wildman–Crippen MR) is 62.6 cm³/mol. The van der Waals surface area contributed by atoms with Crippen LogP contribution in [0.2, 0.25) is 0 Å². The van der Waals surface area contributed by atoms with Crippen molar-refractivity contribution in [1.29, 1.82) is 0 Å². The molecule has 0 saturated carbocycles. The minimum atomic E-state index is -1.76. The van der Waals surface area contributed by atoms with Crippen molar-refractivity contribution in [1.82, 2.24) is 5.32 Å². The van der Waals surface area contributed by atoms with Crippen molar-refractivity contribution in [3.63, 3.8) is 0 Å². The molecule has 18 heavy (non-hydrogen) atoms. The van der Waals surface area contributed by atoms with Gasteiger partial charge in [0.25, 0.3) is 0 Å². The van der Waals surface area contributed by atoms with E-state index < -0.39 is 29.0 Å². The first-order valence-corrected chi connectivity index (χ1v) is 5.78. The summed E-state index contributed by atoms with van der Waals surface area (Å²) >= 11 is 0. The summed E-state index contributed by atoms with van der Waals surface area (Å²) in [6.07, 6.45) is 0.0762. The summed E-state index contributed by atoms with van der Waals surface area (Å²) in [6.45, 7) is 4.69. The van der Waals surface area contributed by atoms with Crippen LogP contribution in [0.1, 0.15) is 41.9 Å². The van der Waals surface area contributed by atoms with E-state index in [4.69, 9.17) is 10.8 Å². The first-order chi connectivity index (χ1) is 8.77. The zero-order valence-corrected chi connectivity index (χ0v) is 10.9. The van der Waals surface area contributed by atoms with Gasteiger partial charge < -0.3 is 14.8 Å². The molecule has 0 aromatic carbocycles. The highest BCUT2D eigenvalue weighted by Gasteiger charge is 2.54. The van der Waals surface area contributed by atoms with Gasteiger partial charge in [0.05, 0.1) is 6.61 Å². The van der Waals surface area contributed by atoms with Crippen molar-refractivity contribution in [2.75, 3.05) is 6.61 Å². The van der Waals surface area contributed by atoms with Gasteiger partial charge in [-0.05, 0) is 27.7 Å². The summed E-state index contributed by atoms with van der Waals surface area (Å²) in [5.74, 6) is -2.07. The first-order valence-electron chi connectivity index (χ1n) is 6.49. The number of rotatable bonds is 3. The van der Waals surface area contributed by atoms with E-state index in [1.54, 1.807) is 20.8 Å². The molecule has 1 fully saturated rings. The maximum absolute atomic E-state index is 12.2. The van der Waals surface area contributed by atoms with Gasteiger partial charge in [0.2, 0.25) is 11.4 Å². The standard InChI is InChI=1S/C12H19NO5/c1-5-17-9(15)12(7-6-8(14)13-12)10(16)18-11(2,3)4/h5-7H2,1-4H3,(H,13,14)/t12-/m0/s1/i2D. The van der Waals surface area contributed by atoms with Crippen molar-refractivity contribution >= 4 is 17.8 Å². The van der Waals surface area contributed by atoms with Crippen molar-refractivity contribution in [2.24, 2.45) is 0 Å². The third-order valence-electron chi connectivity index (χ3n) is 2.42. The number of nitrogens with one attached hydrogen (secondary N) is 1. The second-order valence-corrected chi connectivity index (χ2v) is 4.82. The zero-order chi connectivity index (χ0) is 14.7. The molecule has 0 unspecified atom stereocenters. The van der Waals surface area contributed by atoms with Crippen molar-refractivity contribution in [3.8, 4) is 0 Å². The normalized spacial score (nSPS) is 24.2. The lowest BCUT2D eigenvalue weighted by Crippen LogP contribution is -2.58. The van der Waals surface area contributed by atoms with Crippen LogP contribution in [0, 0.1) is 0 Å². The Morgan fingerprint density at radius 3 is 2.61 bits per heavy atom. The number of esters is 2. The molecule has 0 aromatic heterocycles. The molecule has 6 heteroatoms. The molecule has 0 aromatic rings. The molecule has 1 aliphatic rings. The molecule has 102 valence electrons.